The van der Waals surface area contributed by atoms with Gasteiger partial charge in [-0.05, 0) is 17.7 Å². The Morgan fingerprint density at radius 3 is 2.70 bits per heavy atom. The molecule has 0 aliphatic rings. The molecule has 7 nitrogen and oxygen atoms in total. The molecular weight excluding hydrogens is 408 g/mol. The van der Waals surface area contributed by atoms with Gasteiger partial charge in [-0.3, -0.25) is 20.2 Å². The van der Waals surface area contributed by atoms with E-state index >= 15 is 0 Å². The number of benzene rings is 2. The van der Waals surface area contributed by atoms with Gasteiger partial charge in [0.15, 0.2) is 0 Å². The summed E-state index contributed by atoms with van der Waals surface area (Å²) in [6, 6.07) is 14.0. The summed E-state index contributed by atoms with van der Waals surface area (Å²) in [7, 11) is 0. The molecule has 0 saturated carbocycles. The summed E-state index contributed by atoms with van der Waals surface area (Å²) in [5.74, 6) is 1.03. The Morgan fingerprint density at radius 2 is 1.96 bits per heavy atom. The molecule has 2 aromatic carbocycles. The number of nitrogens with one attached hydrogen (secondary N) is 1. The largest absolute Gasteiger partial charge is 0.296 e. The Morgan fingerprint density at radius 1 is 1.19 bits per heavy atom. The van der Waals surface area contributed by atoms with Crippen LogP contribution in [0.2, 0.25) is 5.02 Å². The number of anilines is 1. The first kappa shape index (κ1) is 19.3. The van der Waals surface area contributed by atoms with E-state index in [4.69, 9.17) is 11.6 Å². The third-order valence-corrected chi connectivity index (χ3v) is 5.79. The highest BCUT2D eigenvalue weighted by atomic mass is 35.5. The van der Waals surface area contributed by atoms with Gasteiger partial charge in [-0.1, -0.05) is 53.3 Å². The topological polar surface area (TPSA) is 98.0 Å². The monoisotopic (exact) mass is 420 g/mol. The van der Waals surface area contributed by atoms with Gasteiger partial charge < -0.3 is 0 Å². The molecule has 0 unspecified atom stereocenters. The first-order valence-electron chi connectivity index (χ1n) is 7.72. The van der Waals surface area contributed by atoms with E-state index in [9.17, 15) is 14.9 Å². The standard InChI is InChI=1S/C17H13ClN4O3S2/c18-13-7-6-12(8-14(13)22(24)25)16(23)19-17-21-20-15(27-17)10-26-9-11-4-2-1-3-5-11/h1-8H,9-10H2,(H,19,21,23). The lowest BCUT2D eigenvalue weighted by atomic mass is 10.2. The van der Waals surface area contributed by atoms with Gasteiger partial charge in [0.25, 0.3) is 11.6 Å². The molecule has 3 rings (SSSR count). The molecule has 27 heavy (non-hydrogen) atoms. The van der Waals surface area contributed by atoms with E-state index in [1.165, 1.54) is 29.0 Å². The Hall–Kier alpha value is -2.49. The summed E-state index contributed by atoms with van der Waals surface area (Å²) < 4.78 is 0. The van der Waals surface area contributed by atoms with Crippen LogP contribution in [0.25, 0.3) is 0 Å². The molecule has 10 heteroatoms. The highest BCUT2D eigenvalue weighted by molar-refractivity contribution is 7.97. The third kappa shape index (κ3) is 5.25. The fraction of sp³-hybridized carbons (Fsp3) is 0.118. The first-order valence-corrected chi connectivity index (χ1v) is 10.1. The van der Waals surface area contributed by atoms with Gasteiger partial charge in [0.2, 0.25) is 5.13 Å². The van der Waals surface area contributed by atoms with Crippen molar-refractivity contribution in [3.05, 3.63) is 79.8 Å². The maximum Gasteiger partial charge on any atom is 0.288 e. The van der Waals surface area contributed by atoms with Crippen molar-refractivity contribution in [1.82, 2.24) is 10.2 Å². The molecule has 1 aromatic heterocycles. The van der Waals surface area contributed by atoms with E-state index in [1.807, 2.05) is 18.2 Å². The number of nitro groups is 1. The summed E-state index contributed by atoms with van der Waals surface area (Å²) in [4.78, 5) is 22.6. The molecule has 0 aliphatic heterocycles. The van der Waals surface area contributed by atoms with E-state index in [0.29, 0.717) is 10.9 Å². The lowest BCUT2D eigenvalue weighted by Gasteiger charge is -2.02. The van der Waals surface area contributed by atoms with E-state index in [0.717, 1.165) is 16.8 Å². The SMILES string of the molecule is O=C(Nc1nnc(CSCc2ccccc2)s1)c1ccc(Cl)c([N+](=O)[O-])c1. The number of halogens is 1. The van der Waals surface area contributed by atoms with Gasteiger partial charge in [0, 0.05) is 23.1 Å². The smallest absolute Gasteiger partial charge is 0.288 e. The quantitative estimate of drug-likeness (QED) is 0.436. The number of rotatable bonds is 7. The third-order valence-electron chi connectivity index (χ3n) is 3.43. The van der Waals surface area contributed by atoms with Crippen molar-refractivity contribution in [1.29, 1.82) is 0 Å². The molecule has 138 valence electrons. The first-order chi connectivity index (χ1) is 13.0. The molecule has 0 bridgehead atoms. The molecular formula is C17H13ClN4O3S2. The van der Waals surface area contributed by atoms with Gasteiger partial charge >= 0.3 is 0 Å². The van der Waals surface area contributed by atoms with Crippen LogP contribution in [0, 0.1) is 10.1 Å². The summed E-state index contributed by atoms with van der Waals surface area (Å²) in [6.45, 7) is 0. The molecule has 0 radical (unpaired) electrons. The van der Waals surface area contributed by atoms with Gasteiger partial charge in [-0.2, -0.15) is 0 Å². The summed E-state index contributed by atoms with van der Waals surface area (Å²) in [6.07, 6.45) is 0. The summed E-state index contributed by atoms with van der Waals surface area (Å²) >= 11 is 8.73. The van der Waals surface area contributed by atoms with Crippen molar-refractivity contribution >= 4 is 51.4 Å². The zero-order chi connectivity index (χ0) is 19.2. The number of hydrogen-bond acceptors (Lipinski definition) is 7. The Labute approximate surface area is 167 Å². The number of hydrogen-bond donors (Lipinski definition) is 1. The molecule has 1 amide bonds. The number of carbonyl (C=O) groups excluding carboxylic acids is 1. The van der Waals surface area contributed by atoms with Crippen LogP contribution in [0.4, 0.5) is 10.8 Å². The van der Waals surface area contributed by atoms with Gasteiger partial charge in [-0.25, -0.2) is 0 Å². The average Bonchev–Trinajstić information content (AvgIpc) is 3.10. The fourth-order valence-electron chi connectivity index (χ4n) is 2.16. The normalized spacial score (nSPS) is 10.6. The maximum atomic E-state index is 12.3. The summed E-state index contributed by atoms with van der Waals surface area (Å²) in [5, 5.41) is 22.6. The van der Waals surface area contributed by atoms with Crippen molar-refractivity contribution in [2.45, 2.75) is 11.5 Å². The predicted octanol–water partition coefficient (Wildman–Crippen LogP) is 4.79. The van der Waals surface area contributed by atoms with E-state index in [-0.39, 0.29) is 16.3 Å². The van der Waals surface area contributed by atoms with E-state index in [2.05, 4.69) is 27.6 Å². The highest BCUT2D eigenvalue weighted by Crippen LogP contribution is 2.26. The van der Waals surface area contributed by atoms with Crippen molar-refractivity contribution in [2.75, 3.05) is 5.32 Å². The lowest BCUT2D eigenvalue weighted by molar-refractivity contribution is -0.384. The van der Waals surface area contributed by atoms with Crippen molar-refractivity contribution in [2.24, 2.45) is 0 Å². The average molecular weight is 421 g/mol. The predicted molar refractivity (Wildman–Crippen MR) is 107 cm³/mol. The molecule has 1 heterocycles. The lowest BCUT2D eigenvalue weighted by Crippen LogP contribution is -2.12. The number of nitrogens with zero attached hydrogens (tertiary/aromatic N) is 3. The molecule has 1 N–H and O–H groups in total. The Bertz CT molecular complexity index is 966. The fourth-order valence-corrected chi connectivity index (χ4v) is 4.12. The summed E-state index contributed by atoms with van der Waals surface area (Å²) in [5.41, 5.74) is 1.03. The van der Waals surface area contributed by atoms with Crippen LogP contribution in [0.3, 0.4) is 0 Å². The zero-order valence-corrected chi connectivity index (χ0v) is 16.2. The van der Waals surface area contributed by atoms with E-state index in [1.54, 1.807) is 11.8 Å². The van der Waals surface area contributed by atoms with Crippen LogP contribution in [-0.4, -0.2) is 21.0 Å². The minimum Gasteiger partial charge on any atom is -0.296 e. The zero-order valence-electron chi connectivity index (χ0n) is 13.8. The minimum atomic E-state index is -0.633. The number of nitro benzene ring substituents is 1. The second-order valence-corrected chi connectivity index (χ2v) is 7.81. The second-order valence-electron chi connectivity index (χ2n) is 5.36. The number of aromatic nitrogens is 2. The van der Waals surface area contributed by atoms with Gasteiger partial charge in [-0.15, -0.1) is 22.0 Å². The molecule has 0 aliphatic carbocycles. The molecule has 0 atom stereocenters. The number of carbonyl (C=O) groups is 1. The highest BCUT2D eigenvalue weighted by Gasteiger charge is 2.17. The van der Waals surface area contributed by atoms with Crippen LogP contribution in [0.15, 0.2) is 48.5 Å². The van der Waals surface area contributed by atoms with Crippen molar-refractivity contribution in [3.63, 3.8) is 0 Å². The molecule has 3 aromatic rings. The van der Waals surface area contributed by atoms with Crippen LogP contribution in [0.1, 0.15) is 20.9 Å². The number of amides is 1. The maximum absolute atomic E-state index is 12.3. The molecule has 0 spiro atoms. The van der Waals surface area contributed by atoms with Gasteiger partial charge in [0.05, 0.1) is 4.92 Å². The Balaban J connectivity index is 1.58. The van der Waals surface area contributed by atoms with Crippen LogP contribution >= 0.6 is 34.7 Å². The molecule has 0 saturated heterocycles. The number of thioether (sulfide) groups is 1. The molecule has 0 fully saturated rings. The van der Waals surface area contributed by atoms with Crippen molar-refractivity contribution < 1.29 is 9.72 Å². The van der Waals surface area contributed by atoms with Crippen LogP contribution in [-0.2, 0) is 11.5 Å². The van der Waals surface area contributed by atoms with Crippen LogP contribution in [0.5, 0.6) is 0 Å². The van der Waals surface area contributed by atoms with E-state index < -0.39 is 10.8 Å². The minimum absolute atomic E-state index is 0.0230. The van der Waals surface area contributed by atoms with Gasteiger partial charge in [0.1, 0.15) is 10.0 Å². The van der Waals surface area contributed by atoms with Crippen LogP contribution < -0.4 is 5.32 Å². The Kier molecular flexibility index (Phi) is 6.38. The van der Waals surface area contributed by atoms with Crippen molar-refractivity contribution in [3.8, 4) is 0 Å². The second kappa shape index (κ2) is 8.94.